The first-order valence-corrected chi connectivity index (χ1v) is 31.3. The average molecular weight is 1220 g/mol. The molecule has 0 saturated heterocycles. The van der Waals surface area contributed by atoms with Crippen molar-refractivity contribution in [2.24, 2.45) is 0 Å². The Bertz CT molecular complexity index is 3580. The van der Waals surface area contributed by atoms with Crippen molar-refractivity contribution in [1.29, 1.82) is 0 Å². The summed E-state index contributed by atoms with van der Waals surface area (Å²) < 4.78 is 13.6. The Morgan fingerprint density at radius 3 is 0.977 bits per heavy atom. The summed E-state index contributed by atoms with van der Waals surface area (Å²) in [6, 6.07) is 45.1. The molecule has 2 amide bonds. The van der Waals surface area contributed by atoms with Gasteiger partial charge in [0.25, 0.3) is 11.8 Å². The lowest BCUT2D eigenvalue weighted by atomic mass is 9.79. The lowest BCUT2D eigenvalue weighted by molar-refractivity contribution is -0.123. The molecule has 12 nitrogen and oxygen atoms in total. The highest BCUT2D eigenvalue weighted by Gasteiger charge is 2.29. The number of hydrogen-bond acceptors (Lipinski definition) is 8. The molecule has 8 aromatic rings. The summed E-state index contributed by atoms with van der Waals surface area (Å²) >= 11 is 11.3. The molecule has 0 fully saturated rings. The molecule has 14 heteroatoms. The van der Waals surface area contributed by atoms with Gasteiger partial charge in [-0.05, 0) is 136 Å². The van der Waals surface area contributed by atoms with Gasteiger partial charge in [0.15, 0.2) is 23.4 Å². The highest BCUT2D eigenvalue weighted by Crippen LogP contribution is 2.44. The molecule has 0 atom stereocenters. The molecule has 0 aromatic heterocycles. The topological polar surface area (TPSA) is 165 Å². The molecule has 8 bridgehead atoms. The molecule has 0 radical (unpaired) electrons. The van der Waals surface area contributed by atoms with E-state index < -0.39 is 0 Å². The summed E-state index contributed by atoms with van der Waals surface area (Å²) in [5, 5.41) is 49.9. The van der Waals surface area contributed by atoms with Crippen molar-refractivity contribution in [3.8, 4) is 23.0 Å². The number of ether oxygens (including phenoxy) is 2. The van der Waals surface area contributed by atoms with Gasteiger partial charge in [0.2, 0.25) is 0 Å². The zero-order chi connectivity index (χ0) is 63.3. The van der Waals surface area contributed by atoms with Crippen molar-refractivity contribution in [2.45, 2.75) is 130 Å². The molecule has 0 saturated carbocycles. The van der Waals surface area contributed by atoms with Crippen LogP contribution in [0, 0.1) is 0 Å². The fourth-order valence-electron chi connectivity index (χ4n) is 11.2. The summed E-state index contributed by atoms with van der Waals surface area (Å²) in [5.41, 5.74) is 10.5. The van der Waals surface area contributed by atoms with E-state index >= 15 is 0 Å². The molecule has 460 valence electrons. The van der Waals surface area contributed by atoms with Crippen LogP contribution in [0.2, 0.25) is 0 Å². The van der Waals surface area contributed by atoms with Crippen LogP contribution in [0.4, 0.5) is 11.4 Å². The zero-order valence-corrected chi connectivity index (χ0v) is 54.7. The van der Waals surface area contributed by atoms with E-state index in [1.165, 1.54) is 0 Å². The van der Waals surface area contributed by atoms with E-state index in [9.17, 15) is 19.8 Å². The van der Waals surface area contributed by atoms with E-state index in [1.54, 1.807) is 0 Å². The van der Waals surface area contributed by atoms with E-state index in [-0.39, 0.29) is 97.0 Å². The number of fused-ring (bicyclic) bond motifs is 10. The lowest BCUT2D eigenvalue weighted by Crippen LogP contribution is -2.38. The molecule has 8 N–H and O–H groups in total. The van der Waals surface area contributed by atoms with Crippen LogP contribution in [0.25, 0.3) is 21.5 Å². The minimum absolute atomic E-state index is 0.135. The third-order valence-corrected chi connectivity index (χ3v) is 16.7. The van der Waals surface area contributed by atoms with Crippen LogP contribution in [0.15, 0.2) is 133 Å². The maximum atomic E-state index is 13.9. The van der Waals surface area contributed by atoms with Crippen molar-refractivity contribution < 1.29 is 29.3 Å². The lowest BCUT2D eigenvalue weighted by Gasteiger charge is -2.28. The first-order chi connectivity index (χ1) is 41.6. The third-order valence-electron chi connectivity index (χ3n) is 16.2. The van der Waals surface area contributed by atoms with Gasteiger partial charge in [-0.1, -0.05) is 204 Å². The molecular weight excluding hydrogens is 1130 g/mol. The van der Waals surface area contributed by atoms with Crippen LogP contribution in [0.1, 0.15) is 150 Å². The number of phenolic OH excluding ortho intramolecular Hbond substituents is 2. The van der Waals surface area contributed by atoms with Crippen LogP contribution in [-0.4, -0.2) is 71.6 Å². The van der Waals surface area contributed by atoms with Crippen LogP contribution in [0.3, 0.4) is 0 Å². The molecule has 8 aromatic carbocycles. The molecule has 1 aliphatic carbocycles. The van der Waals surface area contributed by atoms with Gasteiger partial charge in [0.05, 0.1) is 0 Å². The molecule has 0 heterocycles. The number of rotatable bonds is 14. The van der Waals surface area contributed by atoms with Crippen molar-refractivity contribution in [3.05, 3.63) is 200 Å². The van der Waals surface area contributed by atoms with Crippen molar-refractivity contribution >= 4 is 79.4 Å². The van der Waals surface area contributed by atoms with Gasteiger partial charge in [-0.3, -0.25) is 9.59 Å². The molecule has 88 heavy (non-hydrogen) atoms. The van der Waals surface area contributed by atoms with E-state index in [1.807, 2.05) is 60.7 Å². The first-order valence-electron chi connectivity index (χ1n) is 30.5. The van der Waals surface area contributed by atoms with Gasteiger partial charge < -0.3 is 51.6 Å². The molecule has 1 aliphatic rings. The van der Waals surface area contributed by atoms with Gasteiger partial charge >= 0.3 is 0 Å². The predicted molar refractivity (Wildman–Crippen MR) is 368 cm³/mol. The van der Waals surface area contributed by atoms with Gasteiger partial charge in [-0.15, -0.1) is 0 Å². The second-order valence-corrected chi connectivity index (χ2v) is 28.1. The second-order valence-electron chi connectivity index (χ2n) is 27.3. The number of aromatic hydroxyl groups is 2. The van der Waals surface area contributed by atoms with Crippen LogP contribution in [-0.2, 0) is 56.9 Å². The van der Waals surface area contributed by atoms with Crippen LogP contribution in [0.5, 0.6) is 23.0 Å². The number of carbonyl (C=O) groups excluding carboxylic acids is 2. The molecular formula is C74H86N6O6S2. The first kappa shape index (κ1) is 64.3. The Balaban J connectivity index is 1.04. The Kier molecular flexibility index (Phi) is 19.5. The Labute approximate surface area is 530 Å². The standard InChI is InChI=1S/C74H86N6O6S2/c1-71(2,3)55-35-47-31-51-39-57(73(7,8)9)41-53(67(51)85-43-63(81)75-27-29-77-69(87)79-61-25-17-21-45-19-13-15-23-59(45)61)33-49-37-56(72(4,5)6)38-50(66(49)84)34-54-42-58(74(10,11)12)40-52(32-48(36-55)65(47)83)68(54)86-44-64(82)76-28-30-78-70(88)80-62-26-18-22-46-20-14-16-24-60(46)62/h13-26,35-42,83-84H,27-34,43-44H2,1-12H3,(H,75,81)(H,76,82)(H2,77,79,87)(H2,78,80,88). The molecule has 0 unspecified atom stereocenters. The minimum Gasteiger partial charge on any atom is -0.507 e. The summed E-state index contributed by atoms with van der Waals surface area (Å²) in [7, 11) is 0. The largest absolute Gasteiger partial charge is 0.507 e. The summed E-state index contributed by atoms with van der Waals surface area (Å²) in [6.07, 6.45) is 1.04. The monoisotopic (exact) mass is 1220 g/mol. The number of amides is 2. The van der Waals surface area contributed by atoms with Crippen molar-refractivity contribution in [3.63, 3.8) is 0 Å². The van der Waals surface area contributed by atoms with Gasteiger partial charge in [0.1, 0.15) is 23.0 Å². The number of thiocarbonyl (C=S) groups is 2. The summed E-state index contributed by atoms with van der Waals surface area (Å²) in [5.74, 6) is 0.670. The normalized spacial score (nSPS) is 12.7. The predicted octanol–water partition coefficient (Wildman–Crippen LogP) is 14.2. The van der Waals surface area contributed by atoms with Crippen molar-refractivity contribution in [2.75, 3.05) is 50.0 Å². The average Bonchev–Trinajstić information content (AvgIpc) is 2.77. The summed E-state index contributed by atoms with van der Waals surface area (Å²) in [6.45, 7) is 26.7. The quantitative estimate of drug-likeness (QED) is 0.0384. The highest BCUT2D eigenvalue weighted by atomic mass is 32.1. The fourth-order valence-corrected chi connectivity index (χ4v) is 11.6. The van der Waals surface area contributed by atoms with Crippen LogP contribution >= 0.6 is 24.4 Å². The number of carbonyl (C=O) groups is 2. The van der Waals surface area contributed by atoms with E-state index in [2.05, 4.69) is 188 Å². The number of anilines is 2. The second kappa shape index (κ2) is 26.6. The van der Waals surface area contributed by atoms with Crippen molar-refractivity contribution in [1.82, 2.24) is 21.3 Å². The van der Waals surface area contributed by atoms with Gasteiger partial charge in [-0.2, -0.15) is 0 Å². The fraction of sp³-hybridized carbons (Fsp3) is 0.351. The molecule has 0 aliphatic heterocycles. The summed E-state index contributed by atoms with van der Waals surface area (Å²) in [4.78, 5) is 27.8. The van der Waals surface area contributed by atoms with E-state index in [4.69, 9.17) is 33.9 Å². The Morgan fingerprint density at radius 2 is 0.670 bits per heavy atom. The highest BCUT2D eigenvalue weighted by molar-refractivity contribution is 7.80. The number of hydrogen-bond donors (Lipinski definition) is 8. The Morgan fingerprint density at radius 1 is 0.398 bits per heavy atom. The van der Waals surface area contributed by atoms with E-state index in [0.29, 0.717) is 57.1 Å². The van der Waals surface area contributed by atoms with Crippen LogP contribution < -0.4 is 41.4 Å². The number of phenols is 2. The maximum Gasteiger partial charge on any atom is 0.258 e. The third kappa shape index (κ3) is 15.9. The molecule has 0 spiro atoms. The minimum atomic E-state index is -0.329. The number of nitrogens with one attached hydrogen (secondary N) is 6. The van der Waals surface area contributed by atoms with Gasteiger partial charge in [0, 0.05) is 74.0 Å². The van der Waals surface area contributed by atoms with E-state index in [0.717, 1.165) is 77.4 Å². The Hall–Kier alpha value is -8.20. The molecule has 9 rings (SSSR count). The van der Waals surface area contributed by atoms with Gasteiger partial charge in [-0.25, -0.2) is 0 Å². The number of benzene rings is 8. The smallest absolute Gasteiger partial charge is 0.258 e. The maximum absolute atomic E-state index is 13.9. The SMILES string of the molecule is CC(C)(C)c1cc2c(O)c(c1)Cc1cc(C(C)(C)C)cc(c1OCC(=O)NCCNC(=S)Nc1cccc3ccccc13)Cc1cc(C(C)(C)C)cc(c1O)Cc1cc(C(C)(C)C)cc(c1OCC(=O)NCCNC(=S)Nc1cccc3ccccc13)C2. The zero-order valence-electron chi connectivity index (χ0n) is 53.1.